The van der Waals surface area contributed by atoms with E-state index in [1.807, 2.05) is 0 Å². The Morgan fingerprint density at radius 3 is 0.500 bits per heavy atom. The molecule has 0 saturated carbocycles. The predicted octanol–water partition coefficient (Wildman–Crippen LogP) is 1.23. The van der Waals surface area contributed by atoms with Gasteiger partial charge in [-0.2, -0.15) is 114 Å². The number of hydrogen-bond acceptors (Lipinski definition) is 42. The molecule has 0 N–H and O–H groups in total. The average molecular weight is 1590 g/mol. The van der Waals surface area contributed by atoms with Crippen molar-refractivity contribution in [2.75, 3.05) is 185 Å². The summed E-state index contributed by atoms with van der Waals surface area (Å²) in [6.45, 7) is -6.23. The fourth-order valence-corrected chi connectivity index (χ4v) is 9.31. The van der Waals surface area contributed by atoms with Crippen LogP contribution in [0.15, 0.2) is 0 Å². The summed E-state index contributed by atoms with van der Waals surface area (Å²) in [6, 6.07) is 0. The van der Waals surface area contributed by atoms with Gasteiger partial charge in [0.1, 0.15) is 115 Å². The van der Waals surface area contributed by atoms with Crippen LogP contribution < -0.4 is 0 Å². The van der Waals surface area contributed by atoms with Crippen molar-refractivity contribution in [1.29, 1.82) is 0 Å². The third kappa shape index (κ3) is 43.7. The molecule has 0 aliphatic rings. The van der Waals surface area contributed by atoms with Gasteiger partial charge in [-0.15, -0.1) is 35.3 Å². The van der Waals surface area contributed by atoms with E-state index < -0.39 is 210 Å². The van der Waals surface area contributed by atoms with Crippen LogP contribution in [0.3, 0.4) is 0 Å². The number of esters is 15. The molecule has 0 saturated heterocycles. The quantitative estimate of drug-likeness (QED) is 0.0179. The Morgan fingerprint density at radius 1 is 0.219 bits per heavy atom. The monoisotopic (exact) mass is 1590 g/mol. The Morgan fingerprint density at radius 2 is 0.354 bits per heavy atom. The van der Waals surface area contributed by atoms with E-state index in [9.17, 15) is 71.9 Å². The van der Waals surface area contributed by atoms with Gasteiger partial charge >= 0.3 is 89.5 Å². The van der Waals surface area contributed by atoms with E-state index >= 15 is 0 Å². The molecular formula is C54H80O30S12. The Bertz CT molecular complexity index is 2100. The maximum atomic E-state index is 13.2. The minimum absolute atomic E-state index is 0.00790. The zero-order valence-corrected chi connectivity index (χ0v) is 62.5. The summed E-state index contributed by atoms with van der Waals surface area (Å²) in [6.07, 6.45) is -0.772. The summed E-state index contributed by atoms with van der Waals surface area (Å²) in [5.41, 5.74) is -6.05. The Labute approximate surface area is 616 Å². The smallest absolute Gasteiger partial charge is 0.315 e. The van der Waals surface area contributed by atoms with Crippen LogP contribution in [-0.4, -0.2) is 275 Å². The first kappa shape index (κ1) is 92.2. The van der Waals surface area contributed by atoms with Gasteiger partial charge in [0.2, 0.25) is 0 Å². The molecule has 0 amide bonds. The standard InChI is InChI=1S/C54H80O30S12/c1-2-51(21-70-36(55)3-6-94-18-48(67)82-33-52(24-73-39(58)9-85,25-74-40(59)10-86)26-75-41(60)11-87,22-71-37(56)4-7-95-19-49(68)83-34-53(27-76-42(61)12-88,28-77-43(62)13-89)29-78-44(63)14-90)23-72-38(57)5-8-96-20-50(69)84-35-54(30-79-45(64)15-91,31-80-46(65)16-92)32-81-47(66)17-93/h85-93H,2-35H2,1H3. The molecule has 0 fully saturated rings. The van der Waals surface area contributed by atoms with Crippen LogP contribution in [-0.2, 0) is 143 Å². The number of rotatable bonds is 55. The lowest BCUT2D eigenvalue weighted by atomic mass is 9.88. The Balaban J connectivity index is 6.21. The van der Waals surface area contributed by atoms with E-state index in [4.69, 9.17) is 71.1 Å². The van der Waals surface area contributed by atoms with Gasteiger partial charge < -0.3 is 71.1 Å². The molecule has 42 heteroatoms. The molecule has 30 nitrogen and oxygen atoms in total. The molecule has 548 valence electrons. The molecule has 0 aromatic carbocycles. The van der Waals surface area contributed by atoms with E-state index in [1.165, 1.54) is 0 Å². The third-order valence-corrected chi connectivity index (χ3v) is 17.1. The first-order chi connectivity index (χ1) is 45.6. The second-order valence-corrected chi connectivity index (χ2v) is 26.3. The normalized spacial score (nSPS) is 11.3. The first-order valence-corrected chi connectivity index (χ1v) is 37.4. The summed E-state index contributed by atoms with van der Waals surface area (Å²) in [4.78, 5) is 187. The molecule has 0 aliphatic carbocycles. The molecule has 96 heavy (non-hydrogen) atoms. The van der Waals surface area contributed by atoms with Crippen LogP contribution >= 0.6 is 149 Å². The van der Waals surface area contributed by atoms with E-state index in [2.05, 4.69) is 114 Å². The number of thiol groups is 9. The lowest BCUT2D eigenvalue weighted by Crippen LogP contribution is -2.44. The van der Waals surface area contributed by atoms with E-state index in [0.29, 0.717) is 0 Å². The molecule has 0 spiro atoms. The second kappa shape index (κ2) is 54.1. The van der Waals surface area contributed by atoms with Gasteiger partial charge in [-0.1, -0.05) is 6.92 Å². The van der Waals surface area contributed by atoms with Gasteiger partial charge in [0, 0.05) is 17.3 Å². The van der Waals surface area contributed by atoms with Crippen molar-refractivity contribution in [1.82, 2.24) is 0 Å². The number of carbonyl (C=O) groups is 15. The molecule has 0 aliphatic heterocycles. The molecule has 0 heterocycles. The highest BCUT2D eigenvalue weighted by Crippen LogP contribution is 2.28. The number of thioether (sulfide) groups is 3. The lowest BCUT2D eigenvalue weighted by molar-refractivity contribution is -0.170. The fraction of sp³-hybridized carbons (Fsp3) is 0.722. The fourth-order valence-electron chi connectivity index (χ4n) is 6.37. The summed E-state index contributed by atoms with van der Waals surface area (Å²) in [5, 5.41) is 0. The van der Waals surface area contributed by atoms with Gasteiger partial charge in [-0.05, 0) is 6.42 Å². The molecule has 0 radical (unpaired) electrons. The molecule has 0 rings (SSSR count). The molecule has 0 aromatic rings. The first-order valence-electron chi connectivity index (χ1n) is 28.2. The van der Waals surface area contributed by atoms with Crippen molar-refractivity contribution in [3.8, 4) is 0 Å². The van der Waals surface area contributed by atoms with Crippen LogP contribution in [0.5, 0.6) is 0 Å². The van der Waals surface area contributed by atoms with Crippen molar-refractivity contribution >= 4 is 238 Å². The van der Waals surface area contributed by atoms with Crippen LogP contribution in [0.4, 0.5) is 0 Å². The number of ether oxygens (including phenoxy) is 15. The van der Waals surface area contributed by atoms with Crippen molar-refractivity contribution in [3.05, 3.63) is 0 Å². The predicted molar refractivity (Wildman–Crippen MR) is 375 cm³/mol. The lowest BCUT2D eigenvalue weighted by Gasteiger charge is -2.31. The van der Waals surface area contributed by atoms with Gasteiger partial charge in [-0.3, -0.25) is 71.9 Å². The highest BCUT2D eigenvalue weighted by molar-refractivity contribution is 8.00. The molecular weight excluding hydrogens is 1510 g/mol. The minimum atomic E-state index is -1.56. The van der Waals surface area contributed by atoms with Crippen molar-refractivity contribution < 1.29 is 143 Å². The zero-order chi connectivity index (χ0) is 72.4. The van der Waals surface area contributed by atoms with E-state index in [-0.39, 0.29) is 112 Å². The topological polar surface area (TPSA) is 394 Å². The highest BCUT2D eigenvalue weighted by atomic mass is 32.2. The summed E-state index contributed by atoms with van der Waals surface area (Å²) in [5.74, 6) is -15.9. The molecule has 0 atom stereocenters. The molecule has 0 unspecified atom stereocenters. The van der Waals surface area contributed by atoms with Crippen molar-refractivity contribution in [2.45, 2.75) is 32.6 Å². The number of hydrogen-bond donors (Lipinski definition) is 9. The van der Waals surface area contributed by atoms with Crippen molar-refractivity contribution in [2.24, 2.45) is 21.7 Å². The zero-order valence-electron chi connectivity index (χ0n) is 52.0. The Hall–Kier alpha value is -3.75. The molecule has 0 bridgehead atoms. The van der Waals surface area contributed by atoms with E-state index in [0.717, 1.165) is 35.3 Å². The summed E-state index contributed by atoms with van der Waals surface area (Å²) >= 11 is 37.7. The summed E-state index contributed by atoms with van der Waals surface area (Å²) in [7, 11) is 0. The van der Waals surface area contributed by atoms with Gasteiger partial charge in [-0.25, -0.2) is 0 Å². The molecule has 0 aromatic heterocycles. The SMILES string of the molecule is CCC(COC(=O)CCSCC(=O)OCC(COC(=O)CS)(COC(=O)CS)COC(=O)CS)(COC(=O)CCSCC(=O)OCC(COC(=O)CS)(COC(=O)CS)COC(=O)CS)COC(=O)CCSCC(=O)OCC(COC(=O)CS)(COC(=O)CS)COC(=O)CS. The number of carbonyl (C=O) groups excluding carboxylic acids is 15. The highest BCUT2D eigenvalue weighted by Gasteiger charge is 2.41. The second-order valence-electron chi connectivity index (χ2n) is 20.1. The minimum Gasteiger partial charge on any atom is -0.465 e. The average Bonchev–Trinajstić information content (AvgIpc) is 0.902. The van der Waals surface area contributed by atoms with Crippen LogP contribution in [0.25, 0.3) is 0 Å². The van der Waals surface area contributed by atoms with Gasteiger partial charge in [0.25, 0.3) is 0 Å². The Kier molecular flexibility index (Phi) is 52.0. The van der Waals surface area contributed by atoms with Crippen molar-refractivity contribution in [3.63, 3.8) is 0 Å². The largest absolute Gasteiger partial charge is 0.465 e. The van der Waals surface area contributed by atoms with Gasteiger partial charge in [0.15, 0.2) is 0 Å². The van der Waals surface area contributed by atoms with Crippen LogP contribution in [0, 0.1) is 21.7 Å². The van der Waals surface area contributed by atoms with E-state index in [1.54, 1.807) is 6.92 Å². The van der Waals surface area contributed by atoms with Gasteiger partial charge in [0.05, 0.1) is 93.7 Å². The third-order valence-electron chi connectivity index (χ3n) is 12.0. The summed E-state index contributed by atoms with van der Waals surface area (Å²) < 4.78 is 79.7. The van der Waals surface area contributed by atoms with Crippen LogP contribution in [0.1, 0.15) is 32.6 Å². The maximum absolute atomic E-state index is 13.2. The maximum Gasteiger partial charge on any atom is 0.315 e. The van der Waals surface area contributed by atoms with Crippen LogP contribution in [0.2, 0.25) is 0 Å².